The molecule has 1 aliphatic rings. The summed E-state index contributed by atoms with van der Waals surface area (Å²) >= 11 is 0. The van der Waals surface area contributed by atoms with Gasteiger partial charge in [0.25, 0.3) is 0 Å². The summed E-state index contributed by atoms with van der Waals surface area (Å²) in [5.74, 6) is 1.16. The molecule has 0 unspecified atom stereocenters. The lowest BCUT2D eigenvalue weighted by Crippen LogP contribution is -2.35. The summed E-state index contributed by atoms with van der Waals surface area (Å²) in [5.41, 5.74) is 3.55. The molecule has 0 saturated carbocycles. The van der Waals surface area contributed by atoms with Crippen molar-refractivity contribution in [3.05, 3.63) is 59.9 Å². The Kier molecular flexibility index (Phi) is 4.30. The average molecular weight is 320 g/mol. The normalized spacial score (nSPS) is 18.0. The highest BCUT2D eigenvalue weighted by molar-refractivity contribution is 5.77. The molecule has 1 N–H and O–H groups in total. The van der Waals surface area contributed by atoms with E-state index in [4.69, 9.17) is 0 Å². The van der Waals surface area contributed by atoms with Crippen LogP contribution in [0, 0.1) is 0 Å². The minimum absolute atomic E-state index is 0.572. The first-order valence-corrected chi connectivity index (χ1v) is 8.87. The molecule has 0 amide bonds. The molecule has 0 bridgehead atoms. The van der Waals surface area contributed by atoms with E-state index in [-0.39, 0.29) is 0 Å². The lowest BCUT2D eigenvalue weighted by atomic mass is 9.91. The number of H-pyrrole nitrogens is 1. The van der Waals surface area contributed by atoms with Crippen LogP contribution in [0.5, 0.6) is 0 Å². The molecule has 4 nitrogen and oxygen atoms in total. The van der Waals surface area contributed by atoms with Crippen molar-refractivity contribution in [1.29, 1.82) is 0 Å². The number of piperidine rings is 1. The molecule has 1 aromatic carbocycles. The Morgan fingerprint density at radius 1 is 1.12 bits per heavy atom. The lowest BCUT2D eigenvalue weighted by molar-refractivity contribution is 0.202. The highest BCUT2D eigenvalue weighted by Crippen LogP contribution is 2.31. The van der Waals surface area contributed by atoms with Gasteiger partial charge >= 0.3 is 0 Å². The summed E-state index contributed by atoms with van der Waals surface area (Å²) in [6, 6.07) is 15.0. The van der Waals surface area contributed by atoms with E-state index in [1.54, 1.807) is 6.20 Å². The second kappa shape index (κ2) is 6.73. The van der Waals surface area contributed by atoms with E-state index in [1.807, 2.05) is 6.07 Å². The van der Waals surface area contributed by atoms with Gasteiger partial charge in [0.1, 0.15) is 0 Å². The van der Waals surface area contributed by atoms with Crippen LogP contribution < -0.4 is 0 Å². The van der Waals surface area contributed by atoms with Crippen molar-refractivity contribution in [3.8, 4) is 0 Å². The van der Waals surface area contributed by atoms with Crippen LogP contribution in [0.3, 0.4) is 0 Å². The Morgan fingerprint density at radius 2 is 1.92 bits per heavy atom. The molecule has 24 heavy (non-hydrogen) atoms. The summed E-state index contributed by atoms with van der Waals surface area (Å²) < 4.78 is 0. The molecule has 0 spiro atoms. The van der Waals surface area contributed by atoms with Crippen molar-refractivity contribution in [1.82, 2.24) is 20.1 Å². The Hall–Kier alpha value is -2.20. The number of nitrogens with one attached hydrogen (secondary N) is 1. The third-order valence-electron chi connectivity index (χ3n) is 5.26. The number of hydrogen-bond donors (Lipinski definition) is 1. The Labute approximate surface area is 142 Å². The third kappa shape index (κ3) is 3.06. The third-order valence-corrected chi connectivity index (χ3v) is 5.26. The minimum atomic E-state index is 0.572. The topological polar surface area (TPSA) is 44.8 Å². The molecule has 2 aromatic heterocycles. The molecule has 1 fully saturated rings. The maximum atomic E-state index is 4.35. The second-order valence-electron chi connectivity index (χ2n) is 6.90. The van der Waals surface area contributed by atoms with E-state index in [0.717, 1.165) is 25.3 Å². The Bertz CT molecular complexity index is 788. The molecule has 4 heteroatoms. The molecule has 4 rings (SSSR count). The summed E-state index contributed by atoms with van der Waals surface area (Å²) in [6.45, 7) is 5.78. The number of nitrogens with zero attached hydrogens (tertiary/aromatic N) is 3. The van der Waals surface area contributed by atoms with Gasteiger partial charge in [-0.25, -0.2) is 4.98 Å². The van der Waals surface area contributed by atoms with Crippen LogP contribution in [0.25, 0.3) is 11.0 Å². The summed E-state index contributed by atoms with van der Waals surface area (Å²) in [5, 5.41) is 8.77. The van der Waals surface area contributed by atoms with E-state index in [0.29, 0.717) is 11.8 Å². The van der Waals surface area contributed by atoms with Crippen molar-refractivity contribution in [3.63, 3.8) is 0 Å². The number of pyridine rings is 1. The van der Waals surface area contributed by atoms with E-state index >= 15 is 0 Å². The first kappa shape index (κ1) is 15.3. The van der Waals surface area contributed by atoms with Crippen molar-refractivity contribution in [2.75, 3.05) is 19.6 Å². The van der Waals surface area contributed by atoms with E-state index in [2.05, 4.69) is 63.4 Å². The van der Waals surface area contributed by atoms with Gasteiger partial charge in [0.2, 0.25) is 0 Å². The molecule has 3 aromatic rings. The monoisotopic (exact) mass is 320 g/mol. The number of hydrogen-bond acceptors (Lipinski definition) is 3. The van der Waals surface area contributed by atoms with E-state index < -0.39 is 0 Å². The highest BCUT2D eigenvalue weighted by Gasteiger charge is 2.24. The van der Waals surface area contributed by atoms with Crippen molar-refractivity contribution < 1.29 is 0 Å². The number of rotatable bonds is 4. The summed E-state index contributed by atoms with van der Waals surface area (Å²) in [7, 11) is 0. The largest absolute Gasteiger partial charge is 0.303 e. The van der Waals surface area contributed by atoms with E-state index in [9.17, 15) is 0 Å². The second-order valence-corrected chi connectivity index (χ2v) is 6.90. The zero-order chi connectivity index (χ0) is 16.4. The fourth-order valence-corrected chi connectivity index (χ4v) is 3.86. The molecule has 1 aliphatic heterocycles. The van der Waals surface area contributed by atoms with Crippen LogP contribution in [0.15, 0.2) is 48.7 Å². The fraction of sp³-hybridized carbons (Fsp3) is 0.400. The number of benzene rings is 1. The quantitative estimate of drug-likeness (QED) is 0.792. The zero-order valence-corrected chi connectivity index (χ0v) is 14.2. The Morgan fingerprint density at radius 3 is 2.71 bits per heavy atom. The lowest BCUT2D eigenvalue weighted by Gasteiger charge is -2.33. The Balaban J connectivity index is 1.38. The number of aromatic amines is 1. The SMILES string of the molecule is C[C@@H](CN1CCC(c2[nH]nc3ncccc23)CC1)c1ccccc1. The van der Waals surface area contributed by atoms with Gasteiger partial charge in [-0.3, -0.25) is 5.10 Å². The molecule has 1 atom stereocenters. The molecule has 124 valence electrons. The summed E-state index contributed by atoms with van der Waals surface area (Å²) in [4.78, 5) is 6.93. The average Bonchev–Trinajstić information content (AvgIpc) is 3.07. The number of aromatic nitrogens is 3. The van der Waals surface area contributed by atoms with Gasteiger partial charge in [-0.2, -0.15) is 5.10 Å². The van der Waals surface area contributed by atoms with Gasteiger partial charge in [0, 0.05) is 29.7 Å². The van der Waals surface area contributed by atoms with E-state index in [1.165, 1.54) is 29.5 Å². The van der Waals surface area contributed by atoms with Crippen LogP contribution in [0.2, 0.25) is 0 Å². The van der Waals surface area contributed by atoms with Gasteiger partial charge in [0.15, 0.2) is 5.65 Å². The molecule has 1 saturated heterocycles. The van der Waals surface area contributed by atoms with Gasteiger partial charge in [-0.05, 0) is 49.5 Å². The van der Waals surface area contributed by atoms with Crippen LogP contribution in [-0.4, -0.2) is 39.7 Å². The smallest absolute Gasteiger partial charge is 0.181 e. The van der Waals surface area contributed by atoms with Crippen LogP contribution in [0.1, 0.15) is 42.9 Å². The maximum absolute atomic E-state index is 4.35. The maximum Gasteiger partial charge on any atom is 0.181 e. The highest BCUT2D eigenvalue weighted by atomic mass is 15.2. The van der Waals surface area contributed by atoms with Crippen molar-refractivity contribution in [2.45, 2.75) is 31.6 Å². The van der Waals surface area contributed by atoms with Gasteiger partial charge in [-0.15, -0.1) is 0 Å². The van der Waals surface area contributed by atoms with Crippen molar-refractivity contribution in [2.24, 2.45) is 0 Å². The fourth-order valence-electron chi connectivity index (χ4n) is 3.86. The predicted molar refractivity (Wildman–Crippen MR) is 97.2 cm³/mol. The van der Waals surface area contributed by atoms with Crippen LogP contribution >= 0.6 is 0 Å². The first-order valence-electron chi connectivity index (χ1n) is 8.87. The van der Waals surface area contributed by atoms with Gasteiger partial charge in [-0.1, -0.05) is 37.3 Å². The zero-order valence-electron chi connectivity index (χ0n) is 14.2. The molecular weight excluding hydrogens is 296 g/mol. The van der Waals surface area contributed by atoms with Gasteiger partial charge in [0.05, 0.1) is 0 Å². The molecule has 3 heterocycles. The number of fused-ring (bicyclic) bond motifs is 1. The first-order chi connectivity index (χ1) is 11.8. The van der Waals surface area contributed by atoms with Gasteiger partial charge < -0.3 is 4.90 Å². The molecule has 0 radical (unpaired) electrons. The van der Waals surface area contributed by atoms with Crippen LogP contribution in [0.4, 0.5) is 0 Å². The standard InChI is InChI=1S/C20H24N4/c1-15(16-6-3-2-4-7-16)14-24-12-9-17(10-13-24)19-18-8-5-11-21-20(18)23-22-19/h2-8,11,15,17H,9-10,12-14H2,1H3,(H,21,22,23)/t15-/m0/s1. The van der Waals surface area contributed by atoms with Crippen molar-refractivity contribution >= 4 is 11.0 Å². The molecule has 0 aliphatic carbocycles. The summed E-state index contributed by atoms with van der Waals surface area (Å²) in [6.07, 6.45) is 4.18. The predicted octanol–water partition coefficient (Wildman–Crippen LogP) is 3.94. The molecular formula is C20H24N4. The van der Waals surface area contributed by atoms with Crippen LogP contribution in [-0.2, 0) is 0 Å². The number of likely N-dealkylation sites (tertiary alicyclic amines) is 1. The minimum Gasteiger partial charge on any atom is -0.303 e.